The lowest BCUT2D eigenvalue weighted by molar-refractivity contribution is -0.113. The minimum atomic E-state index is -1.46. The highest BCUT2D eigenvalue weighted by Crippen LogP contribution is 2.34. The van der Waals surface area contributed by atoms with Crippen LogP contribution >= 0.6 is 0 Å². The van der Waals surface area contributed by atoms with Gasteiger partial charge in [-0.2, -0.15) is 0 Å². The summed E-state index contributed by atoms with van der Waals surface area (Å²) in [7, 11) is -1.46. The normalized spacial score (nSPS) is 13.3. The zero-order chi connectivity index (χ0) is 17.8. The Kier molecular flexibility index (Phi) is 4.99. The van der Waals surface area contributed by atoms with Crippen LogP contribution in [0.5, 0.6) is 11.5 Å². The van der Waals surface area contributed by atoms with Gasteiger partial charge in [0, 0.05) is 28.3 Å². The quantitative estimate of drug-likeness (QED) is 0.816. The van der Waals surface area contributed by atoms with E-state index in [1.807, 2.05) is 0 Å². The standard InChI is InChI=1S/C17H15NO6S/c19-16(18-13-4-5-14-15(7-13)24-10-23-14)9-25(22)8-11-2-1-3-12(6-11)17(20)21/h1-7H,8-10H2,(H,18,19)(H,20,21). The van der Waals surface area contributed by atoms with Gasteiger partial charge >= 0.3 is 5.97 Å². The number of ether oxygens (including phenoxy) is 2. The Bertz CT molecular complexity index is 851. The molecule has 0 aliphatic carbocycles. The molecule has 0 saturated carbocycles. The van der Waals surface area contributed by atoms with Gasteiger partial charge in [0.25, 0.3) is 0 Å². The molecule has 3 rings (SSSR count). The highest BCUT2D eigenvalue weighted by atomic mass is 32.2. The van der Waals surface area contributed by atoms with E-state index in [0.29, 0.717) is 22.7 Å². The van der Waals surface area contributed by atoms with E-state index in [9.17, 15) is 13.8 Å². The largest absolute Gasteiger partial charge is 0.478 e. The van der Waals surface area contributed by atoms with Crippen molar-refractivity contribution in [3.63, 3.8) is 0 Å². The second-order valence-electron chi connectivity index (χ2n) is 5.35. The Morgan fingerprint density at radius 3 is 2.72 bits per heavy atom. The van der Waals surface area contributed by atoms with Gasteiger partial charge in [-0.1, -0.05) is 12.1 Å². The summed E-state index contributed by atoms with van der Waals surface area (Å²) in [6, 6.07) is 11.2. The second-order valence-corrected chi connectivity index (χ2v) is 6.81. The summed E-state index contributed by atoms with van der Waals surface area (Å²) in [5.41, 5.74) is 1.26. The molecule has 1 aliphatic heterocycles. The zero-order valence-electron chi connectivity index (χ0n) is 13.1. The maximum atomic E-state index is 12.1. The van der Waals surface area contributed by atoms with E-state index in [-0.39, 0.29) is 23.9 Å². The Balaban J connectivity index is 1.56. The zero-order valence-corrected chi connectivity index (χ0v) is 13.9. The van der Waals surface area contributed by atoms with E-state index in [2.05, 4.69) is 5.32 Å². The van der Waals surface area contributed by atoms with Gasteiger partial charge in [0.05, 0.1) is 5.56 Å². The fourth-order valence-corrected chi connectivity index (χ4v) is 3.37. The Morgan fingerprint density at radius 2 is 1.92 bits per heavy atom. The van der Waals surface area contributed by atoms with Gasteiger partial charge in [-0.3, -0.25) is 9.00 Å². The van der Waals surface area contributed by atoms with Gasteiger partial charge in [0.15, 0.2) is 11.5 Å². The van der Waals surface area contributed by atoms with Crippen LogP contribution in [0.2, 0.25) is 0 Å². The molecular weight excluding hydrogens is 346 g/mol. The molecule has 1 unspecified atom stereocenters. The molecule has 2 N–H and O–H groups in total. The number of fused-ring (bicyclic) bond motifs is 1. The summed E-state index contributed by atoms with van der Waals surface area (Å²) >= 11 is 0. The maximum absolute atomic E-state index is 12.1. The lowest BCUT2D eigenvalue weighted by atomic mass is 10.1. The number of benzene rings is 2. The maximum Gasteiger partial charge on any atom is 0.335 e. The van der Waals surface area contributed by atoms with Crippen LogP contribution in [0.15, 0.2) is 42.5 Å². The number of rotatable bonds is 6. The van der Waals surface area contributed by atoms with Crippen molar-refractivity contribution in [1.82, 2.24) is 0 Å². The number of hydrogen-bond donors (Lipinski definition) is 2. The van der Waals surface area contributed by atoms with E-state index >= 15 is 0 Å². The van der Waals surface area contributed by atoms with Gasteiger partial charge in [-0.15, -0.1) is 0 Å². The van der Waals surface area contributed by atoms with Crippen molar-refractivity contribution in [2.45, 2.75) is 5.75 Å². The SMILES string of the molecule is O=C(CS(=O)Cc1cccc(C(=O)O)c1)Nc1ccc2c(c1)OCO2. The molecule has 1 heterocycles. The lowest BCUT2D eigenvalue weighted by Gasteiger charge is -2.07. The molecule has 1 amide bonds. The minimum Gasteiger partial charge on any atom is -0.478 e. The smallest absolute Gasteiger partial charge is 0.335 e. The first kappa shape index (κ1) is 17.0. The molecule has 8 heteroatoms. The molecule has 0 saturated heterocycles. The third-order valence-electron chi connectivity index (χ3n) is 3.45. The third-order valence-corrected chi connectivity index (χ3v) is 4.69. The highest BCUT2D eigenvalue weighted by Gasteiger charge is 2.15. The number of aromatic carboxylic acids is 1. The molecule has 0 aromatic heterocycles. The van der Waals surface area contributed by atoms with E-state index in [1.54, 1.807) is 30.3 Å². The molecule has 0 spiro atoms. The van der Waals surface area contributed by atoms with E-state index in [4.69, 9.17) is 14.6 Å². The number of amides is 1. The summed E-state index contributed by atoms with van der Waals surface area (Å²) in [4.78, 5) is 23.0. The molecule has 1 aliphatic rings. The first-order chi connectivity index (χ1) is 12.0. The summed E-state index contributed by atoms with van der Waals surface area (Å²) in [5, 5.41) is 11.6. The molecule has 130 valence electrons. The molecule has 0 fully saturated rings. The predicted molar refractivity (Wildman–Crippen MR) is 91.3 cm³/mol. The van der Waals surface area contributed by atoms with Crippen molar-refractivity contribution in [1.29, 1.82) is 0 Å². The van der Waals surface area contributed by atoms with Crippen LogP contribution in [-0.2, 0) is 21.3 Å². The summed E-state index contributed by atoms with van der Waals surface area (Å²) < 4.78 is 22.6. The number of hydrogen-bond acceptors (Lipinski definition) is 5. The van der Waals surface area contributed by atoms with Crippen LogP contribution in [-0.4, -0.2) is 33.7 Å². The van der Waals surface area contributed by atoms with Crippen LogP contribution in [0.1, 0.15) is 15.9 Å². The van der Waals surface area contributed by atoms with E-state index in [0.717, 1.165) is 0 Å². The summed E-state index contributed by atoms with van der Waals surface area (Å²) in [6.45, 7) is 0.145. The predicted octanol–water partition coefficient (Wildman–Crippen LogP) is 2.00. The number of nitrogens with one attached hydrogen (secondary N) is 1. The molecular formula is C17H15NO6S. The Hall–Kier alpha value is -2.87. The number of anilines is 1. The Morgan fingerprint density at radius 1 is 1.12 bits per heavy atom. The summed E-state index contributed by atoms with van der Waals surface area (Å²) in [6.07, 6.45) is 0. The first-order valence-electron chi connectivity index (χ1n) is 7.38. The molecule has 7 nitrogen and oxygen atoms in total. The lowest BCUT2D eigenvalue weighted by Crippen LogP contribution is -2.20. The van der Waals surface area contributed by atoms with Crippen LogP contribution in [0.4, 0.5) is 5.69 Å². The first-order valence-corrected chi connectivity index (χ1v) is 8.87. The van der Waals surface area contributed by atoms with Crippen molar-refractivity contribution in [2.24, 2.45) is 0 Å². The number of carboxylic acids is 1. The van der Waals surface area contributed by atoms with Crippen molar-refractivity contribution in [2.75, 3.05) is 17.9 Å². The molecule has 2 aromatic rings. The topological polar surface area (TPSA) is 102 Å². The number of carbonyl (C=O) groups is 2. The van der Waals surface area contributed by atoms with Crippen LogP contribution in [0.3, 0.4) is 0 Å². The number of carboxylic acid groups (broad SMARTS) is 1. The fraction of sp³-hybridized carbons (Fsp3) is 0.176. The molecule has 0 radical (unpaired) electrons. The molecule has 25 heavy (non-hydrogen) atoms. The monoisotopic (exact) mass is 361 g/mol. The molecule has 1 atom stereocenters. The average molecular weight is 361 g/mol. The van der Waals surface area contributed by atoms with Crippen LogP contribution in [0, 0.1) is 0 Å². The highest BCUT2D eigenvalue weighted by molar-refractivity contribution is 7.84. The van der Waals surface area contributed by atoms with Gasteiger partial charge in [0.2, 0.25) is 12.7 Å². The molecule has 2 aromatic carbocycles. The fourth-order valence-electron chi connectivity index (χ4n) is 2.35. The number of carbonyl (C=O) groups excluding carboxylic acids is 1. The Labute approximate surface area is 146 Å². The van der Waals surface area contributed by atoms with Crippen LogP contribution < -0.4 is 14.8 Å². The van der Waals surface area contributed by atoms with Gasteiger partial charge in [-0.05, 0) is 29.8 Å². The summed E-state index contributed by atoms with van der Waals surface area (Å²) in [5.74, 6) is -0.370. The van der Waals surface area contributed by atoms with Crippen molar-refractivity contribution in [3.05, 3.63) is 53.6 Å². The van der Waals surface area contributed by atoms with Crippen molar-refractivity contribution < 1.29 is 28.4 Å². The van der Waals surface area contributed by atoms with Crippen LogP contribution in [0.25, 0.3) is 0 Å². The molecule has 0 bridgehead atoms. The van der Waals surface area contributed by atoms with Gasteiger partial charge in [0.1, 0.15) is 5.75 Å². The van der Waals surface area contributed by atoms with E-state index in [1.165, 1.54) is 12.1 Å². The third kappa shape index (κ3) is 4.36. The second kappa shape index (κ2) is 7.35. The van der Waals surface area contributed by atoms with Crippen molar-refractivity contribution >= 4 is 28.4 Å². The van der Waals surface area contributed by atoms with Gasteiger partial charge < -0.3 is 19.9 Å². The van der Waals surface area contributed by atoms with Crippen molar-refractivity contribution in [3.8, 4) is 11.5 Å². The van der Waals surface area contributed by atoms with Gasteiger partial charge in [-0.25, -0.2) is 4.79 Å². The van der Waals surface area contributed by atoms with E-state index < -0.39 is 22.7 Å². The average Bonchev–Trinajstić information content (AvgIpc) is 3.02. The minimum absolute atomic E-state index is 0.107.